The van der Waals surface area contributed by atoms with E-state index in [-0.39, 0.29) is 0 Å². The van der Waals surface area contributed by atoms with Gasteiger partial charge in [-0.25, -0.2) is 8.42 Å². The average Bonchev–Trinajstić information content (AvgIpc) is 2.41. The molecule has 1 aliphatic rings. The van der Waals surface area contributed by atoms with Crippen molar-refractivity contribution in [1.29, 1.82) is 0 Å². The van der Waals surface area contributed by atoms with Crippen molar-refractivity contribution >= 4 is 21.6 Å². The summed E-state index contributed by atoms with van der Waals surface area (Å²) in [4.78, 5) is 2.62. The first-order valence-corrected chi connectivity index (χ1v) is 8.64. The minimum absolute atomic E-state index is 0.331. The van der Waals surface area contributed by atoms with Gasteiger partial charge in [-0.05, 0) is 44.5 Å². The Morgan fingerprint density at radius 2 is 1.75 bits per heavy atom. The first-order chi connectivity index (χ1) is 9.32. The van der Waals surface area contributed by atoms with E-state index in [1.165, 1.54) is 0 Å². The molecule has 2 rings (SSSR count). The second-order valence-electron chi connectivity index (χ2n) is 5.44. The molecule has 1 fully saturated rings. The molecule has 0 atom stereocenters. The predicted octanol–water partition coefficient (Wildman–Crippen LogP) is 2.36. The Labute approximate surface area is 126 Å². The molecule has 0 aromatic heterocycles. The molecular formula is C14H21ClN2O2S. The molecule has 0 N–H and O–H groups in total. The fraction of sp³-hybridized carbons (Fsp3) is 0.571. The molecule has 20 heavy (non-hydrogen) atoms. The van der Waals surface area contributed by atoms with Gasteiger partial charge in [0.1, 0.15) is 0 Å². The van der Waals surface area contributed by atoms with E-state index in [1.54, 1.807) is 22.5 Å². The van der Waals surface area contributed by atoms with Crippen molar-refractivity contribution in [3.63, 3.8) is 0 Å². The Morgan fingerprint density at radius 3 is 2.25 bits per heavy atom. The lowest BCUT2D eigenvalue weighted by molar-refractivity contribution is 0.154. The molecule has 1 aromatic carbocycles. The Balaban J connectivity index is 2.17. The number of aryl methyl sites for hydroxylation is 1. The first kappa shape index (κ1) is 15.8. The van der Waals surface area contributed by atoms with Crippen LogP contribution in [-0.2, 0) is 10.0 Å². The number of sulfonamides is 1. The summed E-state index contributed by atoms with van der Waals surface area (Å²) < 4.78 is 26.7. The first-order valence-electron chi connectivity index (χ1n) is 6.82. The van der Waals surface area contributed by atoms with Crippen LogP contribution in [0.15, 0.2) is 23.1 Å². The average molecular weight is 317 g/mol. The number of benzene rings is 1. The fourth-order valence-corrected chi connectivity index (χ4v) is 4.01. The minimum Gasteiger partial charge on any atom is -0.298 e. The van der Waals surface area contributed by atoms with Crippen LogP contribution in [0.4, 0.5) is 0 Å². The SMILES string of the molecule is Cc1cc(S(=O)(=O)N2CCN(C(C)C)CC2)ccc1Cl. The lowest BCUT2D eigenvalue weighted by Crippen LogP contribution is -2.50. The van der Waals surface area contributed by atoms with Crippen molar-refractivity contribution in [2.24, 2.45) is 0 Å². The zero-order chi connectivity index (χ0) is 14.9. The number of halogens is 1. The molecule has 0 unspecified atom stereocenters. The summed E-state index contributed by atoms with van der Waals surface area (Å²) in [5, 5.41) is 0.591. The van der Waals surface area contributed by atoms with Crippen LogP contribution in [-0.4, -0.2) is 49.8 Å². The second kappa shape index (κ2) is 6.02. The van der Waals surface area contributed by atoms with Gasteiger partial charge in [0.2, 0.25) is 10.0 Å². The van der Waals surface area contributed by atoms with Gasteiger partial charge in [0.25, 0.3) is 0 Å². The maximum absolute atomic E-state index is 12.6. The summed E-state index contributed by atoms with van der Waals surface area (Å²) in [6.45, 7) is 8.73. The third-order valence-corrected chi connectivity index (χ3v) is 6.09. The van der Waals surface area contributed by atoms with Crippen molar-refractivity contribution < 1.29 is 8.42 Å². The molecule has 0 saturated carbocycles. The molecule has 4 nitrogen and oxygen atoms in total. The molecular weight excluding hydrogens is 296 g/mol. The number of piperazine rings is 1. The molecule has 0 aliphatic carbocycles. The summed E-state index contributed by atoms with van der Waals surface area (Å²) in [5.74, 6) is 0. The van der Waals surface area contributed by atoms with Gasteiger partial charge in [0, 0.05) is 37.2 Å². The summed E-state index contributed by atoms with van der Waals surface area (Å²) in [6, 6.07) is 5.33. The number of hydrogen-bond donors (Lipinski definition) is 0. The van der Waals surface area contributed by atoms with Crippen molar-refractivity contribution in [1.82, 2.24) is 9.21 Å². The molecule has 1 heterocycles. The van der Waals surface area contributed by atoms with E-state index in [9.17, 15) is 8.42 Å². The molecule has 0 spiro atoms. The van der Waals surface area contributed by atoms with Crippen LogP contribution < -0.4 is 0 Å². The van der Waals surface area contributed by atoms with E-state index in [0.29, 0.717) is 29.0 Å². The van der Waals surface area contributed by atoms with E-state index in [1.807, 2.05) is 6.92 Å². The van der Waals surface area contributed by atoms with E-state index in [4.69, 9.17) is 11.6 Å². The highest BCUT2D eigenvalue weighted by atomic mass is 35.5. The third-order valence-electron chi connectivity index (χ3n) is 3.77. The van der Waals surface area contributed by atoms with Gasteiger partial charge in [-0.15, -0.1) is 0 Å². The smallest absolute Gasteiger partial charge is 0.243 e. The number of hydrogen-bond acceptors (Lipinski definition) is 3. The summed E-state index contributed by atoms with van der Waals surface area (Å²) in [6.07, 6.45) is 0. The van der Waals surface area contributed by atoms with Gasteiger partial charge in [-0.1, -0.05) is 11.6 Å². The molecule has 0 bridgehead atoms. The van der Waals surface area contributed by atoms with Crippen molar-refractivity contribution in [3.8, 4) is 0 Å². The zero-order valence-electron chi connectivity index (χ0n) is 12.1. The van der Waals surface area contributed by atoms with Gasteiger partial charge < -0.3 is 0 Å². The quantitative estimate of drug-likeness (QED) is 0.859. The molecule has 0 radical (unpaired) electrons. The molecule has 1 saturated heterocycles. The van der Waals surface area contributed by atoms with E-state index < -0.39 is 10.0 Å². The second-order valence-corrected chi connectivity index (χ2v) is 7.79. The topological polar surface area (TPSA) is 40.6 Å². The van der Waals surface area contributed by atoms with Gasteiger partial charge in [-0.2, -0.15) is 4.31 Å². The Kier molecular flexibility index (Phi) is 4.74. The highest BCUT2D eigenvalue weighted by Crippen LogP contribution is 2.23. The van der Waals surface area contributed by atoms with Crippen molar-refractivity contribution in [2.75, 3.05) is 26.2 Å². The summed E-state index contributed by atoms with van der Waals surface area (Å²) >= 11 is 5.96. The van der Waals surface area contributed by atoms with Gasteiger partial charge in [-0.3, -0.25) is 4.90 Å². The summed E-state index contributed by atoms with van der Waals surface area (Å²) in [5.41, 5.74) is 0.786. The Hall–Kier alpha value is -0.620. The van der Waals surface area contributed by atoms with Gasteiger partial charge in [0.15, 0.2) is 0 Å². The number of rotatable bonds is 3. The van der Waals surface area contributed by atoms with E-state index >= 15 is 0 Å². The molecule has 112 valence electrons. The normalized spacial score (nSPS) is 18.6. The Morgan fingerprint density at radius 1 is 1.15 bits per heavy atom. The summed E-state index contributed by atoms with van der Waals surface area (Å²) in [7, 11) is -3.40. The lowest BCUT2D eigenvalue weighted by atomic mass is 10.2. The zero-order valence-corrected chi connectivity index (χ0v) is 13.7. The van der Waals surface area contributed by atoms with Gasteiger partial charge in [0.05, 0.1) is 4.90 Å². The fourth-order valence-electron chi connectivity index (χ4n) is 2.39. The Bertz CT molecular complexity index is 579. The van der Waals surface area contributed by atoms with Crippen molar-refractivity contribution in [3.05, 3.63) is 28.8 Å². The molecule has 1 aliphatic heterocycles. The maximum atomic E-state index is 12.6. The minimum atomic E-state index is -3.40. The van der Waals surface area contributed by atoms with Crippen LogP contribution >= 0.6 is 11.6 Å². The highest BCUT2D eigenvalue weighted by molar-refractivity contribution is 7.89. The maximum Gasteiger partial charge on any atom is 0.243 e. The standard InChI is InChI=1S/C14H21ClN2O2S/c1-11(2)16-6-8-17(9-7-16)20(18,19)13-4-5-14(15)12(3)10-13/h4-5,10-11H,6-9H2,1-3H3. The number of nitrogens with zero attached hydrogens (tertiary/aromatic N) is 2. The highest BCUT2D eigenvalue weighted by Gasteiger charge is 2.29. The largest absolute Gasteiger partial charge is 0.298 e. The third kappa shape index (κ3) is 3.17. The molecule has 1 aromatic rings. The lowest BCUT2D eigenvalue weighted by Gasteiger charge is -2.36. The van der Waals surface area contributed by atoms with E-state index in [0.717, 1.165) is 18.7 Å². The predicted molar refractivity (Wildman–Crippen MR) is 81.7 cm³/mol. The van der Waals surface area contributed by atoms with Crippen LogP contribution in [0.3, 0.4) is 0 Å². The monoisotopic (exact) mass is 316 g/mol. The van der Waals surface area contributed by atoms with E-state index in [2.05, 4.69) is 18.7 Å². The van der Waals surface area contributed by atoms with Gasteiger partial charge >= 0.3 is 0 Å². The molecule has 6 heteroatoms. The van der Waals surface area contributed by atoms with Crippen LogP contribution in [0.25, 0.3) is 0 Å². The van der Waals surface area contributed by atoms with Crippen LogP contribution in [0, 0.1) is 6.92 Å². The van der Waals surface area contributed by atoms with Crippen LogP contribution in [0.1, 0.15) is 19.4 Å². The van der Waals surface area contributed by atoms with Crippen molar-refractivity contribution in [2.45, 2.75) is 31.7 Å². The van der Waals surface area contributed by atoms with Crippen LogP contribution in [0.2, 0.25) is 5.02 Å². The molecule has 0 amide bonds. The van der Waals surface area contributed by atoms with Crippen LogP contribution in [0.5, 0.6) is 0 Å².